The van der Waals surface area contributed by atoms with Crippen molar-refractivity contribution in [2.75, 3.05) is 10.6 Å². The lowest BCUT2D eigenvalue weighted by molar-refractivity contribution is -0.114. The third-order valence-corrected chi connectivity index (χ3v) is 4.08. The summed E-state index contributed by atoms with van der Waals surface area (Å²) in [6, 6.07) is 21.9. The number of rotatable bonds is 6. The van der Waals surface area contributed by atoms with E-state index in [4.69, 9.17) is 4.74 Å². The van der Waals surface area contributed by atoms with Gasteiger partial charge in [-0.3, -0.25) is 4.79 Å². The van der Waals surface area contributed by atoms with Gasteiger partial charge in [0.15, 0.2) is 5.75 Å². The van der Waals surface area contributed by atoms with E-state index in [-0.39, 0.29) is 11.9 Å². The fourth-order valence-electron chi connectivity index (χ4n) is 2.72. The number of nitrogens with one attached hydrogen (secondary N) is 3. The van der Waals surface area contributed by atoms with Crippen LogP contribution in [0.4, 0.5) is 16.2 Å². The van der Waals surface area contributed by atoms with Gasteiger partial charge in [-0.05, 0) is 54.4 Å². The van der Waals surface area contributed by atoms with Crippen LogP contribution >= 0.6 is 0 Å². The molecule has 0 bridgehead atoms. The van der Waals surface area contributed by atoms with Crippen LogP contribution in [0.3, 0.4) is 0 Å². The molecule has 0 atom stereocenters. The Kier molecular flexibility index (Phi) is 6.47. The molecule has 0 saturated heterocycles. The number of urea groups is 1. The molecule has 0 aliphatic heterocycles. The van der Waals surface area contributed by atoms with Crippen molar-refractivity contribution in [2.45, 2.75) is 20.4 Å². The molecule has 148 valence electrons. The fourth-order valence-corrected chi connectivity index (χ4v) is 2.72. The van der Waals surface area contributed by atoms with Crippen LogP contribution in [0, 0.1) is 6.92 Å². The quantitative estimate of drug-likeness (QED) is 0.551. The lowest BCUT2D eigenvalue weighted by Gasteiger charge is -2.13. The van der Waals surface area contributed by atoms with E-state index in [9.17, 15) is 9.59 Å². The summed E-state index contributed by atoms with van der Waals surface area (Å²) in [5.74, 6) is 1.15. The van der Waals surface area contributed by atoms with E-state index >= 15 is 0 Å². The standard InChI is InChI=1S/C23H23N3O3/c1-16-6-5-7-20(14-16)29-22-9-4-3-8-21(22)26-23(28)24-15-18-10-12-19(13-11-18)25-17(2)27/h3-14H,15H2,1-2H3,(H,25,27)(H2,24,26,28). The van der Waals surface area contributed by atoms with Gasteiger partial charge in [-0.2, -0.15) is 0 Å². The first-order valence-electron chi connectivity index (χ1n) is 9.24. The Morgan fingerprint density at radius 2 is 1.66 bits per heavy atom. The molecule has 0 aliphatic rings. The Morgan fingerprint density at radius 1 is 0.897 bits per heavy atom. The maximum atomic E-state index is 12.3. The van der Waals surface area contributed by atoms with Crippen LogP contribution in [0.15, 0.2) is 72.8 Å². The van der Waals surface area contributed by atoms with E-state index in [0.29, 0.717) is 29.4 Å². The second-order valence-electron chi connectivity index (χ2n) is 6.60. The molecule has 3 N–H and O–H groups in total. The van der Waals surface area contributed by atoms with Crippen LogP contribution in [-0.4, -0.2) is 11.9 Å². The summed E-state index contributed by atoms with van der Waals surface area (Å²) in [6.45, 7) is 3.81. The number of carbonyl (C=O) groups excluding carboxylic acids is 2. The third kappa shape index (κ3) is 6.10. The number of benzene rings is 3. The van der Waals surface area contributed by atoms with Gasteiger partial charge in [0, 0.05) is 19.2 Å². The third-order valence-electron chi connectivity index (χ3n) is 4.08. The number of amides is 3. The van der Waals surface area contributed by atoms with E-state index in [1.165, 1.54) is 6.92 Å². The number of para-hydroxylation sites is 2. The van der Waals surface area contributed by atoms with Gasteiger partial charge in [0.05, 0.1) is 5.69 Å². The van der Waals surface area contributed by atoms with E-state index in [0.717, 1.165) is 11.1 Å². The number of anilines is 2. The number of ether oxygens (including phenoxy) is 1. The topological polar surface area (TPSA) is 79.5 Å². The molecule has 0 heterocycles. The van der Waals surface area contributed by atoms with Gasteiger partial charge in [-0.25, -0.2) is 4.79 Å². The molecule has 6 heteroatoms. The minimum atomic E-state index is -0.337. The van der Waals surface area contributed by atoms with Gasteiger partial charge < -0.3 is 20.7 Å². The number of carbonyl (C=O) groups is 2. The number of hydrogen-bond acceptors (Lipinski definition) is 3. The van der Waals surface area contributed by atoms with Crippen LogP contribution in [0.25, 0.3) is 0 Å². The first kappa shape index (κ1) is 19.9. The molecule has 0 saturated carbocycles. The smallest absolute Gasteiger partial charge is 0.319 e. The normalized spacial score (nSPS) is 10.1. The second-order valence-corrected chi connectivity index (χ2v) is 6.60. The molecular formula is C23H23N3O3. The minimum absolute atomic E-state index is 0.123. The van der Waals surface area contributed by atoms with E-state index in [1.807, 2.05) is 55.5 Å². The van der Waals surface area contributed by atoms with Crippen molar-refractivity contribution < 1.29 is 14.3 Å². The first-order valence-corrected chi connectivity index (χ1v) is 9.24. The van der Waals surface area contributed by atoms with Gasteiger partial charge in [0.2, 0.25) is 5.91 Å². The SMILES string of the molecule is CC(=O)Nc1ccc(CNC(=O)Nc2ccccc2Oc2cccc(C)c2)cc1. The molecule has 3 amide bonds. The molecule has 3 rings (SSSR count). The molecule has 0 radical (unpaired) electrons. The molecule has 6 nitrogen and oxygen atoms in total. The van der Waals surface area contributed by atoms with Crippen molar-refractivity contribution in [2.24, 2.45) is 0 Å². The Hall–Kier alpha value is -3.80. The maximum absolute atomic E-state index is 12.3. The number of aryl methyl sites for hydroxylation is 1. The molecule has 0 unspecified atom stereocenters. The second kappa shape index (κ2) is 9.41. The lowest BCUT2D eigenvalue weighted by atomic mass is 10.2. The molecular weight excluding hydrogens is 366 g/mol. The zero-order valence-electron chi connectivity index (χ0n) is 16.4. The Labute approximate surface area is 169 Å². The van der Waals surface area contributed by atoms with Gasteiger partial charge in [0.25, 0.3) is 0 Å². The summed E-state index contributed by atoms with van der Waals surface area (Å²) in [4.78, 5) is 23.4. The number of hydrogen-bond donors (Lipinski definition) is 3. The highest BCUT2D eigenvalue weighted by molar-refractivity contribution is 5.91. The monoisotopic (exact) mass is 389 g/mol. The molecule has 0 aromatic heterocycles. The van der Waals surface area contributed by atoms with Crippen LogP contribution in [0.5, 0.6) is 11.5 Å². The zero-order valence-corrected chi connectivity index (χ0v) is 16.4. The molecule has 3 aromatic rings. The van der Waals surface area contributed by atoms with Crippen molar-refractivity contribution in [1.29, 1.82) is 0 Å². The zero-order chi connectivity index (χ0) is 20.6. The van der Waals surface area contributed by atoms with Crippen LogP contribution < -0.4 is 20.7 Å². The summed E-state index contributed by atoms with van der Waals surface area (Å²) >= 11 is 0. The van der Waals surface area contributed by atoms with Gasteiger partial charge in [-0.1, -0.05) is 36.4 Å². The van der Waals surface area contributed by atoms with E-state index in [1.54, 1.807) is 24.3 Å². The predicted molar refractivity (Wildman–Crippen MR) is 114 cm³/mol. The lowest BCUT2D eigenvalue weighted by Crippen LogP contribution is -2.28. The fraction of sp³-hybridized carbons (Fsp3) is 0.130. The minimum Gasteiger partial charge on any atom is -0.455 e. The predicted octanol–water partition coefficient (Wildman–Crippen LogP) is 5.07. The van der Waals surface area contributed by atoms with E-state index < -0.39 is 0 Å². The average Bonchev–Trinajstić information content (AvgIpc) is 2.69. The summed E-state index contributed by atoms with van der Waals surface area (Å²) in [7, 11) is 0. The maximum Gasteiger partial charge on any atom is 0.319 e. The Balaban J connectivity index is 1.58. The highest BCUT2D eigenvalue weighted by Gasteiger charge is 2.08. The molecule has 0 fully saturated rings. The van der Waals surface area contributed by atoms with E-state index in [2.05, 4.69) is 16.0 Å². The summed E-state index contributed by atoms with van der Waals surface area (Å²) in [5, 5.41) is 8.34. The van der Waals surface area contributed by atoms with Crippen molar-refractivity contribution >= 4 is 23.3 Å². The first-order chi connectivity index (χ1) is 14.0. The summed E-state index contributed by atoms with van der Waals surface area (Å²) in [5.41, 5.74) is 3.30. The van der Waals surface area contributed by atoms with Gasteiger partial charge in [-0.15, -0.1) is 0 Å². The van der Waals surface area contributed by atoms with Crippen molar-refractivity contribution in [1.82, 2.24) is 5.32 Å². The highest BCUT2D eigenvalue weighted by atomic mass is 16.5. The average molecular weight is 389 g/mol. The van der Waals surface area contributed by atoms with Crippen molar-refractivity contribution in [3.05, 3.63) is 83.9 Å². The largest absolute Gasteiger partial charge is 0.455 e. The Bertz CT molecular complexity index is 1000. The highest BCUT2D eigenvalue weighted by Crippen LogP contribution is 2.29. The summed E-state index contributed by atoms with van der Waals surface area (Å²) in [6.07, 6.45) is 0. The van der Waals surface area contributed by atoms with Gasteiger partial charge in [0.1, 0.15) is 5.75 Å². The van der Waals surface area contributed by atoms with Crippen LogP contribution in [-0.2, 0) is 11.3 Å². The van der Waals surface area contributed by atoms with Gasteiger partial charge >= 0.3 is 6.03 Å². The molecule has 3 aromatic carbocycles. The van der Waals surface area contributed by atoms with Crippen LogP contribution in [0.2, 0.25) is 0 Å². The Morgan fingerprint density at radius 3 is 2.38 bits per heavy atom. The molecule has 29 heavy (non-hydrogen) atoms. The molecule has 0 aliphatic carbocycles. The summed E-state index contributed by atoms with van der Waals surface area (Å²) < 4.78 is 5.92. The van der Waals surface area contributed by atoms with Crippen molar-refractivity contribution in [3.8, 4) is 11.5 Å². The van der Waals surface area contributed by atoms with Crippen molar-refractivity contribution in [3.63, 3.8) is 0 Å². The molecule has 0 spiro atoms. The van der Waals surface area contributed by atoms with Crippen LogP contribution in [0.1, 0.15) is 18.1 Å².